The first-order valence-electron chi connectivity index (χ1n) is 3.07. The fraction of sp³-hybridized carbons (Fsp3) is 0.125. The fourth-order valence-electron chi connectivity index (χ4n) is 0.681. The summed E-state index contributed by atoms with van der Waals surface area (Å²) in [4.78, 5) is 10.8. The smallest absolute Gasteiger partial charge is 0.270 e. The van der Waals surface area contributed by atoms with Gasteiger partial charge < -0.3 is 10.2 Å². The van der Waals surface area contributed by atoms with Crippen LogP contribution in [0.2, 0.25) is 0 Å². The Kier molecular flexibility index (Phi) is 2.09. The molecule has 0 spiro atoms. The van der Waals surface area contributed by atoms with E-state index in [2.05, 4.69) is 0 Å². The monoisotopic (exact) mass is 149 g/mol. The first kappa shape index (κ1) is 7.58. The van der Waals surface area contributed by atoms with E-state index < -0.39 is 5.78 Å². The normalized spacial score (nSPS) is 9.09. The zero-order valence-electron chi connectivity index (χ0n) is 5.83. The molecule has 3 nitrogen and oxygen atoms in total. The summed E-state index contributed by atoms with van der Waals surface area (Å²) in [7, 11) is 0. The molecule has 0 aromatic carbocycles. The highest BCUT2D eigenvalue weighted by atomic mass is 16.3. The lowest BCUT2D eigenvalue weighted by atomic mass is 10.3. The molecule has 0 bridgehead atoms. The van der Waals surface area contributed by atoms with Crippen LogP contribution in [0.4, 0.5) is 0 Å². The molecule has 56 valence electrons. The van der Waals surface area contributed by atoms with E-state index in [1.807, 2.05) is 5.92 Å². The van der Waals surface area contributed by atoms with E-state index in [9.17, 15) is 4.79 Å². The average Bonchev–Trinajstić information content (AvgIpc) is 2.50. The fourth-order valence-corrected chi connectivity index (χ4v) is 0.681. The van der Waals surface area contributed by atoms with Gasteiger partial charge in [0.1, 0.15) is 5.76 Å². The van der Waals surface area contributed by atoms with Crippen molar-refractivity contribution in [3.8, 4) is 12.3 Å². The quantitative estimate of drug-likeness (QED) is 0.379. The summed E-state index contributed by atoms with van der Waals surface area (Å²) in [5.74, 6) is 2.22. The molecular weight excluding hydrogens is 142 g/mol. The van der Waals surface area contributed by atoms with E-state index in [4.69, 9.17) is 16.6 Å². The minimum atomic E-state index is -0.454. The maximum Gasteiger partial charge on any atom is 0.270 e. The van der Waals surface area contributed by atoms with Gasteiger partial charge in [-0.05, 0) is 18.1 Å². The minimum Gasteiger partial charge on any atom is -0.456 e. The molecule has 0 aliphatic rings. The molecule has 11 heavy (non-hydrogen) atoms. The third-order valence-corrected chi connectivity index (χ3v) is 1.22. The molecule has 0 amide bonds. The second-order valence-corrected chi connectivity index (χ2v) is 1.94. The van der Waals surface area contributed by atoms with Gasteiger partial charge in [0.25, 0.3) is 5.78 Å². The number of terminal acetylenes is 1. The van der Waals surface area contributed by atoms with Crippen molar-refractivity contribution in [2.24, 2.45) is 5.73 Å². The van der Waals surface area contributed by atoms with Gasteiger partial charge in [0.2, 0.25) is 0 Å². The van der Waals surface area contributed by atoms with Crippen molar-refractivity contribution in [3.05, 3.63) is 23.7 Å². The maximum absolute atomic E-state index is 10.8. The molecule has 0 aliphatic carbocycles. The molecule has 0 fully saturated rings. The molecule has 0 atom stereocenters. The molecule has 1 aromatic rings. The van der Waals surface area contributed by atoms with Crippen LogP contribution in [0, 0.1) is 12.3 Å². The van der Waals surface area contributed by atoms with E-state index >= 15 is 0 Å². The number of carbonyl (C=O) groups excluding carboxylic acids is 1. The van der Waals surface area contributed by atoms with Gasteiger partial charge in [-0.25, -0.2) is 0 Å². The van der Waals surface area contributed by atoms with Gasteiger partial charge in [-0.2, -0.15) is 0 Å². The number of carbonyl (C=O) groups is 1. The molecule has 0 radical (unpaired) electrons. The van der Waals surface area contributed by atoms with Crippen LogP contribution in [0.5, 0.6) is 0 Å². The molecule has 0 saturated heterocycles. The van der Waals surface area contributed by atoms with Gasteiger partial charge in [-0.1, -0.05) is 0 Å². The lowest BCUT2D eigenvalue weighted by Crippen LogP contribution is -1.94. The summed E-state index contributed by atoms with van der Waals surface area (Å²) in [5, 5.41) is 0. The number of Topliss-reactive ketones (excluding diaryl/α,β-unsaturated/α-hetero) is 1. The van der Waals surface area contributed by atoms with Crippen LogP contribution in [0.1, 0.15) is 16.3 Å². The van der Waals surface area contributed by atoms with Crippen LogP contribution in [0.3, 0.4) is 0 Å². The largest absolute Gasteiger partial charge is 0.456 e. The van der Waals surface area contributed by atoms with Crippen molar-refractivity contribution in [2.75, 3.05) is 0 Å². The number of ketones is 1. The Morgan fingerprint density at radius 1 is 1.73 bits per heavy atom. The van der Waals surface area contributed by atoms with Crippen LogP contribution in [-0.4, -0.2) is 5.78 Å². The first-order valence-corrected chi connectivity index (χ1v) is 3.07. The third kappa shape index (κ3) is 1.48. The van der Waals surface area contributed by atoms with Crippen molar-refractivity contribution in [2.45, 2.75) is 6.54 Å². The van der Waals surface area contributed by atoms with Gasteiger partial charge in [0.15, 0.2) is 5.76 Å². The Morgan fingerprint density at radius 3 is 2.91 bits per heavy atom. The average molecular weight is 149 g/mol. The van der Waals surface area contributed by atoms with E-state index in [1.54, 1.807) is 6.07 Å². The molecule has 1 heterocycles. The molecular formula is C8H7NO2. The van der Waals surface area contributed by atoms with Gasteiger partial charge >= 0.3 is 0 Å². The van der Waals surface area contributed by atoms with Crippen LogP contribution < -0.4 is 5.73 Å². The lowest BCUT2D eigenvalue weighted by molar-refractivity contribution is 0.103. The Bertz CT molecular complexity index is 306. The maximum atomic E-state index is 10.8. The molecule has 0 unspecified atom stereocenters. The van der Waals surface area contributed by atoms with Crippen LogP contribution in [0.25, 0.3) is 0 Å². The zero-order chi connectivity index (χ0) is 8.27. The van der Waals surface area contributed by atoms with Crippen LogP contribution in [0.15, 0.2) is 16.5 Å². The van der Waals surface area contributed by atoms with Gasteiger partial charge in [-0.3, -0.25) is 4.79 Å². The Balaban J connectivity index is 2.91. The Hall–Kier alpha value is -1.53. The second kappa shape index (κ2) is 3.04. The van der Waals surface area contributed by atoms with E-state index in [0.717, 1.165) is 0 Å². The number of hydrogen-bond donors (Lipinski definition) is 1. The standard InChI is InChI=1S/C8H7NO2/c1-2-7(10)8-4-3-6(5-9)11-8/h1,3-4H,5,9H2. The Labute approximate surface area is 64.2 Å². The van der Waals surface area contributed by atoms with E-state index in [0.29, 0.717) is 5.76 Å². The van der Waals surface area contributed by atoms with E-state index in [1.165, 1.54) is 6.07 Å². The highest BCUT2D eigenvalue weighted by molar-refractivity contribution is 6.06. The van der Waals surface area contributed by atoms with E-state index in [-0.39, 0.29) is 12.3 Å². The summed E-state index contributed by atoms with van der Waals surface area (Å²) in [5.41, 5.74) is 5.25. The molecule has 0 saturated carbocycles. The van der Waals surface area contributed by atoms with Crippen molar-refractivity contribution >= 4 is 5.78 Å². The van der Waals surface area contributed by atoms with Crippen LogP contribution >= 0.6 is 0 Å². The highest BCUT2D eigenvalue weighted by Crippen LogP contribution is 2.06. The van der Waals surface area contributed by atoms with Gasteiger partial charge in [0.05, 0.1) is 6.54 Å². The number of nitrogens with two attached hydrogens (primary N) is 1. The minimum absolute atomic E-state index is 0.174. The van der Waals surface area contributed by atoms with Crippen LogP contribution in [-0.2, 0) is 6.54 Å². The number of furan rings is 1. The highest BCUT2D eigenvalue weighted by Gasteiger charge is 2.06. The van der Waals surface area contributed by atoms with Crippen molar-refractivity contribution in [1.29, 1.82) is 0 Å². The summed E-state index contributed by atoms with van der Waals surface area (Å²) in [6, 6.07) is 3.15. The van der Waals surface area contributed by atoms with Crippen molar-refractivity contribution in [3.63, 3.8) is 0 Å². The first-order chi connectivity index (χ1) is 5.27. The molecule has 2 N–H and O–H groups in total. The van der Waals surface area contributed by atoms with Gasteiger partial charge in [0, 0.05) is 0 Å². The summed E-state index contributed by atoms with van der Waals surface area (Å²) >= 11 is 0. The molecule has 1 rings (SSSR count). The lowest BCUT2D eigenvalue weighted by Gasteiger charge is -1.86. The number of hydrogen-bond acceptors (Lipinski definition) is 3. The summed E-state index contributed by atoms with van der Waals surface area (Å²) < 4.78 is 4.97. The Morgan fingerprint density at radius 2 is 2.45 bits per heavy atom. The predicted molar refractivity (Wildman–Crippen MR) is 39.8 cm³/mol. The topological polar surface area (TPSA) is 56.2 Å². The number of rotatable bonds is 2. The summed E-state index contributed by atoms with van der Waals surface area (Å²) in [6.45, 7) is 0.276. The van der Waals surface area contributed by atoms with Crippen molar-refractivity contribution in [1.82, 2.24) is 0 Å². The second-order valence-electron chi connectivity index (χ2n) is 1.94. The molecule has 0 aliphatic heterocycles. The molecule has 1 aromatic heterocycles. The summed E-state index contributed by atoms with van der Waals surface area (Å²) in [6.07, 6.45) is 4.86. The third-order valence-electron chi connectivity index (χ3n) is 1.22. The SMILES string of the molecule is C#CC(=O)c1ccc(CN)o1. The van der Waals surface area contributed by atoms with Crippen molar-refractivity contribution < 1.29 is 9.21 Å². The predicted octanol–water partition coefficient (Wildman–Crippen LogP) is 0.554. The molecule has 3 heteroatoms. The van der Waals surface area contributed by atoms with Gasteiger partial charge in [-0.15, -0.1) is 6.42 Å². The zero-order valence-corrected chi connectivity index (χ0v) is 5.83.